The van der Waals surface area contributed by atoms with Crippen molar-refractivity contribution in [3.8, 4) is 0 Å². The molecule has 0 fully saturated rings. The summed E-state index contributed by atoms with van der Waals surface area (Å²) < 4.78 is 43.2. The second kappa shape index (κ2) is 8.63. The summed E-state index contributed by atoms with van der Waals surface area (Å²) >= 11 is 0. The van der Waals surface area contributed by atoms with Crippen molar-refractivity contribution in [1.29, 1.82) is 0 Å². The molecule has 0 saturated heterocycles. The van der Waals surface area contributed by atoms with Crippen molar-refractivity contribution in [2.75, 3.05) is 29.0 Å². The molecule has 0 atom stereocenters. The first-order valence-corrected chi connectivity index (χ1v) is 9.86. The van der Waals surface area contributed by atoms with Gasteiger partial charge in [-0.05, 0) is 37.3 Å². The van der Waals surface area contributed by atoms with Crippen molar-refractivity contribution in [3.05, 3.63) is 59.9 Å². The summed E-state index contributed by atoms with van der Waals surface area (Å²) in [6.07, 6.45) is 0.914. The lowest BCUT2D eigenvalue weighted by Gasteiger charge is -2.22. The molecular formula is C18H19FN2O5S. The number of halogens is 1. The fourth-order valence-electron chi connectivity index (χ4n) is 2.33. The molecule has 144 valence electrons. The highest BCUT2D eigenvalue weighted by Crippen LogP contribution is 2.20. The quantitative estimate of drug-likeness (QED) is 0.728. The van der Waals surface area contributed by atoms with Gasteiger partial charge in [0.2, 0.25) is 15.9 Å². The van der Waals surface area contributed by atoms with Crippen LogP contribution in [0.3, 0.4) is 0 Å². The average molecular weight is 394 g/mol. The number of amides is 1. The number of rotatable bonds is 7. The van der Waals surface area contributed by atoms with Crippen LogP contribution in [0.25, 0.3) is 0 Å². The minimum atomic E-state index is -3.84. The largest absolute Gasteiger partial charge is 0.462 e. The molecule has 0 aromatic heterocycles. The summed E-state index contributed by atoms with van der Waals surface area (Å²) in [5, 5.41) is 2.50. The SMILES string of the molecule is CCOC(=O)c1ccccc1NC(=O)CN(c1cccc(F)c1)S(C)(=O)=O. The molecule has 0 radical (unpaired) electrons. The van der Waals surface area contributed by atoms with Crippen LogP contribution < -0.4 is 9.62 Å². The Morgan fingerprint density at radius 2 is 1.85 bits per heavy atom. The molecule has 7 nitrogen and oxygen atoms in total. The number of nitrogens with zero attached hydrogens (tertiary/aromatic N) is 1. The van der Waals surface area contributed by atoms with E-state index in [0.717, 1.165) is 16.6 Å². The summed E-state index contributed by atoms with van der Waals surface area (Å²) in [5.41, 5.74) is 0.351. The van der Waals surface area contributed by atoms with Crippen LogP contribution in [-0.2, 0) is 19.6 Å². The molecule has 0 aliphatic rings. The van der Waals surface area contributed by atoms with Gasteiger partial charge in [-0.1, -0.05) is 18.2 Å². The maximum absolute atomic E-state index is 13.4. The van der Waals surface area contributed by atoms with Gasteiger partial charge < -0.3 is 10.1 Å². The summed E-state index contributed by atoms with van der Waals surface area (Å²) in [4.78, 5) is 24.4. The second-order valence-electron chi connectivity index (χ2n) is 5.56. The van der Waals surface area contributed by atoms with Crippen LogP contribution in [0, 0.1) is 5.82 Å². The number of sulfonamides is 1. The lowest BCUT2D eigenvalue weighted by molar-refractivity contribution is -0.114. The van der Waals surface area contributed by atoms with E-state index in [4.69, 9.17) is 4.74 Å². The van der Waals surface area contributed by atoms with Crippen LogP contribution in [-0.4, -0.2) is 39.7 Å². The van der Waals surface area contributed by atoms with Gasteiger partial charge in [-0.3, -0.25) is 9.10 Å². The average Bonchev–Trinajstić information content (AvgIpc) is 2.59. The fraction of sp³-hybridized carbons (Fsp3) is 0.222. The van der Waals surface area contributed by atoms with Crippen molar-refractivity contribution < 1.29 is 27.1 Å². The summed E-state index contributed by atoms with van der Waals surface area (Å²) in [7, 11) is -3.84. The zero-order valence-corrected chi connectivity index (χ0v) is 15.6. The topological polar surface area (TPSA) is 92.8 Å². The third kappa shape index (κ3) is 5.52. The van der Waals surface area contributed by atoms with Crippen LogP contribution >= 0.6 is 0 Å². The van der Waals surface area contributed by atoms with Crippen molar-refractivity contribution in [2.24, 2.45) is 0 Å². The lowest BCUT2D eigenvalue weighted by Crippen LogP contribution is -2.37. The number of para-hydroxylation sites is 1. The van der Waals surface area contributed by atoms with E-state index in [9.17, 15) is 22.4 Å². The molecule has 0 saturated carbocycles. The van der Waals surface area contributed by atoms with Gasteiger partial charge in [-0.25, -0.2) is 17.6 Å². The Bertz CT molecular complexity index is 946. The first-order chi connectivity index (χ1) is 12.7. The van der Waals surface area contributed by atoms with E-state index in [1.54, 1.807) is 19.1 Å². The molecule has 0 spiro atoms. The zero-order valence-electron chi connectivity index (χ0n) is 14.8. The molecule has 0 aliphatic heterocycles. The Labute approximate surface area is 156 Å². The Balaban J connectivity index is 2.24. The van der Waals surface area contributed by atoms with Crippen LogP contribution in [0.4, 0.5) is 15.8 Å². The van der Waals surface area contributed by atoms with Crippen molar-refractivity contribution in [1.82, 2.24) is 0 Å². The Kier molecular flexibility index (Phi) is 6.51. The fourth-order valence-corrected chi connectivity index (χ4v) is 3.18. The Morgan fingerprint density at radius 1 is 1.15 bits per heavy atom. The smallest absolute Gasteiger partial charge is 0.340 e. The van der Waals surface area contributed by atoms with Gasteiger partial charge in [0.1, 0.15) is 12.4 Å². The predicted molar refractivity (Wildman–Crippen MR) is 99.6 cm³/mol. The van der Waals surface area contributed by atoms with E-state index >= 15 is 0 Å². The molecular weight excluding hydrogens is 375 g/mol. The number of hydrogen-bond donors (Lipinski definition) is 1. The molecule has 0 bridgehead atoms. The molecule has 2 aromatic rings. The standard InChI is InChI=1S/C18H19FN2O5S/c1-3-26-18(23)15-9-4-5-10-16(15)20-17(22)12-21(27(2,24)25)14-8-6-7-13(19)11-14/h4-11H,3,12H2,1-2H3,(H,20,22). The van der Waals surface area contributed by atoms with Crippen molar-refractivity contribution in [2.45, 2.75) is 6.92 Å². The van der Waals surface area contributed by atoms with E-state index in [-0.39, 0.29) is 23.5 Å². The normalized spacial score (nSPS) is 10.9. The minimum absolute atomic E-state index is 0.0197. The van der Waals surface area contributed by atoms with Crippen LogP contribution in [0.15, 0.2) is 48.5 Å². The van der Waals surface area contributed by atoms with E-state index in [1.165, 1.54) is 30.3 Å². The molecule has 2 aromatic carbocycles. The summed E-state index contributed by atoms with van der Waals surface area (Å²) in [6.45, 7) is 1.24. The van der Waals surface area contributed by atoms with Crippen molar-refractivity contribution >= 4 is 33.3 Å². The first-order valence-electron chi connectivity index (χ1n) is 8.01. The van der Waals surface area contributed by atoms with Gasteiger partial charge >= 0.3 is 5.97 Å². The molecule has 1 amide bonds. The molecule has 0 aliphatic carbocycles. The zero-order chi connectivity index (χ0) is 20.0. The van der Waals surface area contributed by atoms with E-state index < -0.39 is 34.3 Å². The maximum atomic E-state index is 13.4. The van der Waals surface area contributed by atoms with E-state index in [1.807, 2.05) is 0 Å². The van der Waals surface area contributed by atoms with E-state index in [0.29, 0.717) is 0 Å². The Morgan fingerprint density at radius 3 is 2.48 bits per heavy atom. The third-order valence-corrected chi connectivity index (χ3v) is 4.62. The highest BCUT2D eigenvalue weighted by Gasteiger charge is 2.22. The van der Waals surface area contributed by atoms with Crippen molar-refractivity contribution in [3.63, 3.8) is 0 Å². The lowest BCUT2D eigenvalue weighted by atomic mass is 10.2. The predicted octanol–water partition coefficient (Wildman–Crippen LogP) is 2.41. The molecule has 2 rings (SSSR count). The monoisotopic (exact) mass is 394 g/mol. The number of nitrogens with one attached hydrogen (secondary N) is 1. The van der Waals surface area contributed by atoms with Gasteiger partial charge in [0, 0.05) is 0 Å². The number of hydrogen-bond acceptors (Lipinski definition) is 5. The molecule has 0 heterocycles. The number of esters is 1. The summed E-state index contributed by atoms with van der Waals surface area (Å²) in [5.74, 6) is -1.94. The van der Waals surface area contributed by atoms with Gasteiger partial charge in [0.05, 0.1) is 29.8 Å². The number of benzene rings is 2. The van der Waals surface area contributed by atoms with Gasteiger partial charge in [0.25, 0.3) is 0 Å². The van der Waals surface area contributed by atoms with Gasteiger partial charge in [-0.15, -0.1) is 0 Å². The number of carbonyl (C=O) groups is 2. The van der Waals surface area contributed by atoms with Gasteiger partial charge in [0.15, 0.2) is 0 Å². The van der Waals surface area contributed by atoms with Crippen LogP contribution in [0.2, 0.25) is 0 Å². The summed E-state index contributed by atoms with van der Waals surface area (Å²) in [6, 6.07) is 11.1. The first kappa shape index (κ1) is 20.4. The molecule has 1 N–H and O–H groups in total. The second-order valence-corrected chi connectivity index (χ2v) is 7.47. The number of anilines is 2. The number of ether oxygens (including phenoxy) is 1. The maximum Gasteiger partial charge on any atom is 0.340 e. The molecule has 0 unspecified atom stereocenters. The van der Waals surface area contributed by atoms with E-state index in [2.05, 4.69) is 5.32 Å². The van der Waals surface area contributed by atoms with Crippen LogP contribution in [0.5, 0.6) is 0 Å². The molecule has 9 heteroatoms. The highest BCUT2D eigenvalue weighted by atomic mass is 32.2. The molecule has 27 heavy (non-hydrogen) atoms. The third-order valence-electron chi connectivity index (χ3n) is 3.48. The Hall–Kier alpha value is -2.94. The minimum Gasteiger partial charge on any atom is -0.462 e. The number of carbonyl (C=O) groups excluding carboxylic acids is 2. The highest BCUT2D eigenvalue weighted by molar-refractivity contribution is 7.92. The van der Waals surface area contributed by atoms with Gasteiger partial charge in [-0.2, -0.15) is 0 Å². The van der Waals surface area contributed by atoms with Crippen LogP contribution in [0.1, 0.15) is 17.3 Å².